The molecule has 0 saturated heterocycles. The predicted octanol–water partition coefficient (Wildman–Crippen LogP) is 3.03. The topological polar surface area (TPSA) is 44.1 Å². The van der Waals surface area contributed by atoms with Crippen molar-refractivity contribution in [1.82, 2.24) is 4.90 Å². The Morgan fingerprint density at radius 1 is 1.69 bits per heavy atom. The number of hydrogen-bond acceptors (Lipinski definition) is 3. The molecule has 1 amide bonds. The van der Waals surface area contributed by atoms with Crippen LogP contribution in [-0.4, -0.2) is 23.4 Å². The molecule has 5 heteroatoms. The lowest BCUT2D eigenvalue weighted by Gasteiger charge is -2.20. The van der Waals surface area contributed by atoms with Gasteiger partial charge in [0.15, 0.2) is 0 Å². The monoisotopic (exact) mass is 298 g/mol. The maximum Gasteiger partial charge on any atom is 0.265 e. The van der Waals surface area contributed by atoms with Gasteiger partial charge in [-0.15, -0.1) is 11.3 Å². The van der Waals surface area contributed by atoms with E-state index in [-0.39, 0.29) is 5.91 Å². The van der Waals surface area contributed by atoms with E-state index < -0.39 is 0 Å². The van der Waals surface area contributed by atoms with Crippen LogP contribution in [0.4, 0.5) is 0 Å². The highest BCUT2D eigenvalue weighted by Crippen LogP contribution is 2.31. The third-order valence-electron chi connectivity index (χ3n) is 2.52. The molecule has 0 spiro atoms. The third kappa shape index (κ3) is 2.45. The fourth-order valence-corrected chi connectivity index (χ4v) is 3.08. The minimum atomic E-state index is 0.0552. The second kappa shape index (κ2) is 4.98. The Morgan fingerprint density at radius 2 is 2.44 bits per heavy atom. The van der Waals surface area contributed by atoms with Gasteiger partial charge in [0.25, 0.3) is 5.91 Å². The third-order valence-corrected chi connectivity index (χ3v) is 4.35. The number of nitriles is 1. The highest BCUT2D eigenvalue weighted by atomic mass is 79.9. The summed E-state index contributed by atoms with van der Waals surface area (Å²) in [5.41, 5.74) is 0. The van der Waals surface area contributed by atoms with Gasteiger partial charge in [0.2, 0.25) is 0 Å². The Labute approximate surface area is 107 Å². The van der Waals surface area contributed by atoms with Crippen LogP contribution in [0, 0.1) is 11.3 Å². The Morgan fingerprint density at radius 3 is 2.94 bits per heavy atom. The quantitative estimate of drug-likeness (QED) is 0.857. The molecule has 3 nitrogen and oxygen atoms in total. The molecular weight excluding hydrogens is 288 g/mol. The van der Waals surface area contributed by atoms with E-state index in [1.54, 1.807) is 0 Å². The Hall–Kier alpha value is -0.860. The Bertz CT molecular complexity index is 433. The van der Waals surface area contributed by atoms with Crippen LogP contribution in [0.2, 0.25) is 0 Å². The molecule has 1 aromatic rings. The summed E-state index contributed by atoms with van der Waals surface area (Å²) in [6.07, 6.45) is 2.55. The number of rotatable bonds is 4. The van der Waals surface area contributed by atoms with Gasteiger partial charge in [-0.2, -0.15) is 5.26 Å². The molecule has 1 saturated carbocycles. The fraction of sp³-hybridized carbons (Fsp3) is 0.455. The first-order valence-corrected chi connectivity index (χ1v) is 6.82. The van der Waals surface area contributed by atoms with Gasteiger partial charge in [-0.3, -0.25) is 4.79 Å². The van der Waals surface area contributed by atoms with Crippen LogP contribution >= 0.6 is 27.3 Å². The van der Waals surface area contributed by atoms with E-state index in [9.17, 15) is 4.79 Å². The van der Waals surface area contributed by atoms with Gasteiger partial charge in [0, 0.05) is 17.1 Å². The molecule has 0 atom stereocenters. The summed E-state index contributed by atoms with van der Waals surface area (Å²) < 4.78 is 0.852. The number of carbonyl (C=O) groups excluding carboxylic acids is 1. The molecule has 0 aromatic carbocycles. The van der Waals surface area contributed by atoms with E-state index in [1.807, 2.05) is 16.3 Å². The standard InChI is InChI=1S/C11H11BrN2OS/c12-9-4-7-16-10(9)11(15)14(6-1-5-13)8-2-3-8/h4,7-8H,1-3,6H2. The summed E-state index contributed by atoms with van der Waals surface area (Å²) in [5.74, 6) is 0.0552. The van der Waals surface area contributed by atoms with Gasteiger partial charge in [0.1, 0.15) is 4.88 Å². The molecule has 1 aliphatic carbocycles. The van der Waals surface area contributed by atoms with E-state index in [0.29, 0.717) is 19.0 Å². The van der Waals surface area contributed by atoms with Crippen molar-refractivity contribution >= 4 is 33.2 Å². The van der Waals surface area contributed by atoms with Crippen LogP contribution in [0.15, 0.2) is 15.9 Å². The average Bonchev–Trinajstić information content (AvgIpc) is 3.01. The summed E-state index contributed by atoms with van der Waals surface area (Å²) in [5, 5.41) is 10.5. The minimum absolute atomic E-state index is 0.0552. The van der Waals surface area contributed by atoms with Crippen LogP contribution < -0.4 is 0 Å². The van der Waals surface area contributed by atoms with E-state index in [1.165, 1.54) is 11.3 Å². The van der Waals surface area contributed by atoms with Crippen molar-refractivity contribution < 1.29 is 4.79 Å². The number of hydrogen-bond donors (Lipinski definition) is 0. The van der Waals surface area contributed by atoms with Crippen LogP contribution in [0.1, 0.15) is 28.9 Å². The summed E-state index contributed by atoms with van der Waals surface area (Å²) in [7, 11) is 0. The summed E-state index contributed by atoms with van der Waals surface area (Å²) in [6.45, 7) is 0.546. The summed E-state index contributed by atoms with van der Waals surface area (Å²) in [4.78, 5) is 14.8. The van der Waals surface area contributed by atoms with Crippen molar-refractivity contribution in [2.75, 3.05) is 6.54 Å². The largest absolute Gasteiger partial charge is 0.334 e. The molecule has 0 unspecified atom stereocenters. The van der Waals surface area contributed by atoms with Gasteiger partial charge < -0.3 is 4.90 Å². The Kier molecular flexibility index (Phi) is 3.62. The van der Waals surface area contributed by atoms with Crippen LogP contribution in [0.3, 0.4) is 0 Å². The molecule has 84 valence electrons. The lowest BCUT2D eigenvalue weighted by molar-refractivity contribution is 0.0751. The van der Waals surface area contributed by atoms with Gasteiger partial charge >= 0.3 is 0 Å². The van der Waals surface area contributed by atoms with Crippen molar-refractivity contribution in [3.05, 3.63) is 20.8 Å². The summed E-state index contributed by atoms with van der Waals surface area (Å²) in [6, 6.07) is 4.33. The smallest absolute Gasteiger partial charge is 0.265 e. The van der Waals surface area contributed by atoms with E-state index in [2.05, 4.69) is 22.0 Å². The minimum Gasteiger partial charge on any atom is -0.334 e. The molecule has 1 fully saturated rings. The lowest BCUT2D eigenvalue weighted by atomic mass is 10.3. The first kappa shape index (κ1) is 11.6. The van der Waals surface area contributed by atoms with E-state index >= 15 is 0 Å². The van der Waals surface area contributed by atoms with Crippen molar-refractivity contribution in [2.45, 2.75) is 25.3 Å². The second-order valence-corrected chi connectivity index (χ2v) is 5.51. The zero-order valence-electron chi connectivity index (χ0n) is 8.65. The van der Waals surface area contributed by atoms with Crippen molar-refractivity contribution in [3.63, 3.8) is 0 Å². The van der Waals surface area contributed by atoms with Crippen molar-refractivity contribution in [3.8, 4) is 6.07 Å². The van der Waals surface area contributed by atoms with Crippen LogP contribution in [0.5, 0.6) is 0 Å². The fourth-order valence-electron chi connectivity index (χ4n) is 1.58. The summed E-state index contributed by atoms with van der Waals surface area (Å²) >= 11 is 4.81. The SMILES string of the molecule is N#CCCN(C(=O)c1sccc1Br)C1CC1. The molecule has 2 rings (SSSR count). The van der Waals surface area contributed by atoms with E-state index in [0.717, 1.165) is 22.2 Å². The molecular formula is C11H11BrN2OS. The Balaban J connectivity index is 2.11. The average molecular weight is 299 g/mol. The molecule has 0 aliphatic heterocycles. The van der Waals surface area contributed by atoms with Gasteiger partial charge in [-0.1, -0.05) is 0 Å². The zero-order valence-corrected chi connectivity index (χ0v) is 11.1. The molecule has 0 N–H and O–H groups in total. The number of thiophene rings is 1. The van der Waals surface area contributed by atoms with Crippen LogP contribution in [-0.2, 0) is 0 Å². The van der Waals surface area contributed by atoms with E-state index in [4.69, 9.17) is 5.26 Å². The zero-order chi connectivity index (χ0) is 11.5. The number of carbonyl (C=O) groups is 1. The number of nitrogens with zero attached hydrogens (tertiary/aromatic N) is 2. The molecule has 1 aliphatic rings. The maximum absolute atomic E-state index is 12.2. The molecule has 1 heterocycles. The molecule has 1 aromatic heterocycles. The van der Waals surface area contributed by atoms with Crippen molar-refractivity contribution in [1.29, 1.82) is 5.26 Å². The van der Waals surface area contributed by atoms with Gasteiger partial charge in [-0.05, 0) is 40.2 Å². The highest BCUT2D eigenvalue weighted by molar-refractivity contribution is 9.10. The first-order valence-electron chi connectivity index (χ1n) is 5.15. The number of halogens is 1. The number of amides is 1. The maximum atomic E-state index is 12.2. The first-order chi connectivity index (χ1) is 7.74. The van der Waals surface area contributed by atoms with Gasteiger partial charge in [-0.25, -0.2) is 0 Å². The lowest BCUT2D eigenvalue weighted by Crippen LogP contribution is -2.33. The molecule has 0 bridgehead atoms. The molecule has 16 heavy (non-hydrogen) atoms. The normalized spacial score (nSPS) is 14.5. The van der Waals surface area contributed by atoms with Crippen LogP contribution in [0.25, 0.3) is 0 Å². The predicted molar refractivity (Wildman–Crippen MR) is 66.3 cm³/mol. The van der Waals surface area contributed by atoms with Gasteiger partial charge in [0.05, 0.1) is 12.5 Å². The highest BCUT2D eigenvalue weighted by Gasteiger charge is 2.33. The molecule has 0 radical (unpaired) electrons. The second-order valence-electron chi connectivity index (χ2n) is 3.74. The van der Waals surface area contributed by atoms with Crippen molar-refractivity contribution in [2.24, 2.45) is 0 Å².